The summed E-state index contributed by atoms with van der Waals surface area (Å²) in [6.07, 6.45) is 4.26. The predicted molar refractivity (Wildman–Crippen MR) is 112 cm³/mol. The molecule has 1 aromatic carbocycles. The molecular formula is C23H21FN4O2. The molecule has 0 aliphatic heterocycles. The van der Waals surface area contributed by atoms with Gasteiger partial charge in [0.1, 0.15) is 18.1 Å². The molecule has 0 radical (unpaired) electrons. The van der Waals surface area contributed by atoms with Gasteiger partial charge >= 0.3 is 0 Å². The lowest BCUT2D eigenvalue weighted by Crippen LogP contribution is -2.13. The fraction of sp³-hybridized carbons (Fsp3) is 0.174. The highest BCUT2D eigenvalue weighted by molar-refractivity contribution is 6.04. The van der Waals surface area contributed by atoms with Gasteiger partial charge < -0.3 is 14.5 Å². The van der Waals surface area contributed by atoms with Gasteiger partial charge in [0.05, 0.1) is 11.4 Å². The molecule has 0 unspecified atom stereocenters. The molecule has 6 nitrogen and oxygen atoms in total. The van der Waals surface area contributed by atoms with Crippen molar-refractivity contribution in [2.45, 2.75) is 26.9 Å². The Kier molecular flexibility index (Phi) is 5.43. The standard InChI is InChI=1S/C23H21FN4O2/c1-3-20-15(2)28-13-18(9-10-21(28)27-20)26-23(29)16-7-8-17(19(24)12-16)14-30-22-6-4-5-11-25-22/h4-13H,3,14H2,1-2H3,(H,26,29). The van der Waals surface area contributed by atoms with Gasteiger partial charge in [-0.25, -0.2) is 14.4 Å². The van der Waals surface area contributed by atoms with Crippen LogP contribution >= 0.6 is 0 Å². The second kappa shape index (κ2) is 8.32. The Balaban J connectivity index is 1.47. The van der Waals surface area contributed by atoms with Crippen LogP contribution in [0.3, 0.4) is 0 Å². The number of nitrogens with zero attached hydrogens (tertiary/aromatic N) is 3. The van der Waals surface area contributed by atoms with Gasteiger partial charge in [0, 0.05) is 35.3 Å². The monoisotopic (exact) mass is 404 g/mol. The normalized spacial score (nSPS) is 10.9. The molecule has 7 heteroatoms. The molecule has 1 N–H and O–H groups in total. The van der Waals surface area contributed by atoms with Crippen LogP contribution in [0.25, 0.3) is 5.65 Å². The summed E-state index contributed by atoms with van der Waals surface area (Å²) in [5.74, 6) is -0.485. The Bertz CT molecular complexity index is 1200. The van der Waals surface area contributed by atoms with Gasteiger partial charge in [-0.05, 0) is 43.7 Å². The molecule has 0 aliphatic carbocycles. The van der Waals surface area contributed by atoms with Crippen molar-refractivity contribution in [2.75, 3.05) is 5.32 Å². The van der Waals surface area contributed by atoms with Crippen LogP contribution in [0.15, 0.2) is 60.9 Å². The highest BCUT2D eigenvalue weighted by Gasteiger charge is 2.12. The molecule has 0 saturated carbocycles. The maximum absolute atomic E-state index is 14.5. The van der Waals surface area contributed by atoms with Crippen LogP contribution in [0.5, 0.6) is 5.88 Å². The first kappa shape index (κ1) is 19.6. The summed E-state index contributed by atoms with van der Waals surface area (Å²) in [6, 6.07) is 13.2. The van der Waals surface area contributed by atoms with Crippen molar-refractivity contribution in [3.63, 3.8) is 0 Å². The SMILES string of the molecule is CCc1nc2ccc(NC(=O)c3ccc(COc4ccccn4)c(F)c3)cn2c1C. The lowest BCUT2D eigenvalue weighted by atomic mass is 10.1. The lowest BCUT2D eigenvalue weighted by molar-refractivity contribution is 0.102. The molecule has 0 bridgehead atoms. The van der Waals surface area contributed by atoms with E-state index >= 15 is 0 Å². The number of pyridine rings is 2. The number of ether oxygens (including phenoxy) is 1. The van der Waals surface area contributed by atoms with Crippen molar-refractivity contribution >= 4 is 17.2 Å². The van der Waals surface area contributed by atoms with Gasteiger partial charge in [-0.3, -0.25) is 4.79 Å². The first-order valence-electron chi connectivity index (χ1n) is 9.66. The number of anilines is 1. The van der Waals surface area contributed by atoms with Gasteiger partial charge in [-0.1, -0.05) is 19.1 Å². The maximum atomic E-state index is 14.5. The summed E-state index contributed by atoms with van der Waals surface area (Å²) in [6.45, 7) is 4.07. The second-order valence-electron chi connectivity index (χ2n) is 6.86. The van der Waals surface area contributed by atoms with Crippen molar-refractivity contribution in [1.29, 1.82) is 0 Å². The van der Waals surface area contributed by atoms with Gasteiger partial charge in [0.25, 0.3) is 5.91 Å². The number of hydrogen-bond donors (Lipinski definition) is 1. The third-order valence-corrected chi connectivity index (χ3v) is 4.88. The van der Waals surface area contributed by atoms with Crippen molar-refractivity contribution in [2.24, 2.45) is 0 Å². The topological polar surface area (TPSA) is 68.5 Å². The van der Waals surface area contributed by atoms with E-state index in [0.29, 0.717) is 17.1 Å². The summed E-state index contributed by atoms with van der Waals surface area (Å²) in [5.41, 5.74) is 4.06. The number of carbonyl (C=O) groups excluding carboxylic acids is 1. The fourth-order valence-electron chi connectivity index (χ4n) is 3.21. The van der Waals surface area contributed by atoms with Crippen LogP contribution in [-0.2, 0) is 13.0 Å². The molecule has 1 amide bonds. The van der Waals surface area contributed by atoms with E-state index in [9.17, 15) is 9.18 Å². The highest BCUT2D eigenvalue weighted by Crippen LogP contribution is 2.18. The lowest BCUT2D eigenvalue weighted by Gasteiger charge is -2.09. The number of carbonyl (C=O) groups is 1. The first-order chi connectivity index (χ1) is 14.5. The summed E-state index contributed by atoms with van der Waals surface area (Å²) in [4.78, 5) is 21.2. The van der Waals surface area contributed by atoms with Gasteiger partial charge in [0.15, 0.2) is 0 Å². The molecule has 0 saturated heterocycles. The molecule has 4 rings (SSSR count). The molecule has 0 aliphatic rings. The van der Waals surface area contributed by atoms with E-state index in [0.717, 1.165) is 23.5 Å². The number of imidazole rings is 1. The third kappa shape index (κ3) is 4.00. The number of aryl methyl sites for hydroxylation is 2. The van der Waals surface area contributed by atoms with E-state index in [1.165, 1.54) is 6.07 Å². The van der Waals surface area contributed by atoms with E-state index in [-0.39, 0.29) is 18.1 Å². The average molecular weight is 404 g/mol. The number of fused-ring (bicyclic) bond motifs is 1. The molecule has 3 heterocycles. The summed E-state index contributed by atoms with van der Waals surface area (Å²) >= 11 is 0. The quantitative estimate of drug-likeness (QED) is 0.511. The minimum atomic E-state index is -0.507. The molecule has 3 aromatic heterocycles. The van der Waals surface area contributed by atoms with Crippen LogP contribution in [0.2, 0.25) is 0 Å². The average Bonchev–Trinajstić information content (AvgIpc) is 3.09. The number of nitrogens with one attached hydrogen (secondary N) is 1. The summed E-state index contributed by atoms with van der Waals surface area (Å²) < 4.78 is 21.9. The van der Waals surface area contributed by atoms with Crippen LogP contribution in [-0.4, -0.2) is 20.3 Å². The third-order valence-electron chi connectivity index (χ3n) is 4.88. The van der Waals surface area contributed by atoms with Crippen LogP contribution in [0, 0.1) is 12.7 Å². The Hall–Kier alpha value is -3.74. The van der Waals surface area contributed by atoms with Crippen molar-refractivity contribution < 1.29 is 13.9 Å². The van der Waals surface area contributed by atoms with E-state index in [1.54, 1.807) is 42.6 Å². The Labute approximate surface area is 173 Å². The highest BCUT2D eigenvalue weighted by atomic mass is 19.1. The zero-order chi connectivity index (χ0) is 21.1. The van der Waals surface area contributed by atoms with Crippen molar-refractivity contribution in [1.82, 2.24) is 14.4 Å². The van der Waals surface area contributed by atoms with Gasteiger partial charge in [-0.15, -0.1) is 0 Å². The predicted octanol–water partition coefficient (Wildman–Crippen LogP) is 4.57. The number of benzene rings is 1. The fourth-order valence-corrected chi connectivity index (χ4v) is 3.21. The van der Waals surface area contributed by atoms with Crippen LogP contribution in [0.1, 0.15) is 34.2 Å². The minimum absolute atomic E-state index is 0.0289. The second-order valence-corrected chi connectivity index (χ2v) is 6.86. The zero-order valence-corrected chi connectivity index (χ0v) is 16.7. The van der Waals surface area contributed by atoms with Crippen LogP contribution < -0.4 is 10.1 Å². The van der Waals surface area contributed by atoms with E-state index in [2.05, 4.69) is 22.2 Å². The number of hydrogen-bond acceptors (Lipinski definition) is 4. The molecule has 0 atom stereocenters. The largest absolute Gasteiger partial charge is 0.473 e. The first-order valence-corrected chi connectivity index (χ1v) is 9.66. The molecule has 30 heavy (non-hydrogen) atoms. The smallest absolute Gasteiger partial charge is 0.255 e. The molecule has 0 fully saturated rings. The minimum Gasteiger partial charge on any atom is -0.473 e. The van der Waals surface area contributed by atoms with E-state index in [1.807, 2.05) is 23.6 Å². The van der Waals surface area contributed by atoms with Crippen LogP contribution in [0.4, 0.5) is 10.1 Å². The Morgan fingerprint density at radius 1 is 1.20 bits per heavy atom. The van der Waals surface area contributed by atoms with Gasteiger partial charge in [-0.2, -0.15) is 0 Å². The number of amides is 1. The zero-order valence-electron chi connectivity index (χ0n) is 16.7. The van der Waals surface area contributed by atoms with E-state index in [4.69, 9.17) is 4.74 Å². The van der Waals surface area contributed by atoms with Crippen molar-refractivity contribution in [3.8, 4) is 5.88 Å². The summed E-state index contributed by atoms with van der Waals surface area (Å²) in [5, 5.41) is 2.81. The molecule has 152 valence electrons. The Morgan fingerprint density at radius 2 is 2.07 bits per heavy atom. The van der Waals surface area contributed by atoms with E-state index < -0.39 is 5.82 Å². The maximum Gasteiger partial charge on any atom is 0.255 e. The van der Waals surface area contributed by atoms with Gasteiger partial charge in [0.2, 0.25) is 5.88 Å². The molecular weight excluding hydrogens is 383 g/mol. The molecule has 0 spiro atoms. The number of rotatable bonds is 6. The van der Waals surface area contributed by atoms with Crippen molar-refractivity contribution in [3.05, 3.63) is 89.3 Å². The molecule has 4 aromatic rings. The Morgan fingerprint density at radius 3 is 2.80 bits per heavy atom. The summed E-state index contributed by atoms with van der Waals surface area (Å²) in [7, 11) is 0. The number of aromatic nitrogens is 3. The number of halogens is 1.